The predicted molar refractivity (Wildman–Crippen MR) is 70.1 cm³/mol. The highest BCUT2D eigenvalue weighted by Crippen LogP contribution is 2.41. The molecule has 10 nitrogen and oxygen atoms in total. The fourth-order valence-electron chi connectivity index (χ4n) is 2.09. The lowest BCUT2D eigenvalue weighted by molar-refractivity contribution is 0.0243. The number of nitrogen functional groups attached to an aromatic ring is 1. The second kappa shape index (κ2) is 5.88. The predicted octanol–water partition coefficient (Wildman–Crippen LogP) is -1.57. The Morgan fingerprint density at radius 2 is 2.09 bits per heavy atom. The van der Waals surface area contributed by atoms with Crippen molar-refractivity contribution in [3.05, 3.63) is 34.1 Å². The molecule has 0 aliphatic heterocycles. The van der Waals surface area contributed by atoms with Crippen molar-refractivity contribution in [3.63, 3.8) is 0 Å². The van der Waals surface area contributed by atoms with Crippen LogP contribution < -0.4 is 11.4 Å². The number of anilines is 1. The van der Waals surface area contributed by atoms with Gasteiger partial charge in [0.15, 0.2) is 0 Å². The lowest BCUT2D eigenvalue weighted by atomic mass is 10.1. The van der Waals surface area contributed by atoms with E-state index in [-0.39, 0.29) is 5.82 Å². The fraction of sp³-hybridized carbons (Fsp3) is 0.400. The third-order valence-electron chi connectivity index (χ3n) is 3.11. The van der Waals surface area contributed by atoms with Gasteiger partial charge in [0.2, 0.25) is 0 Å². The summed E-state index contributed by atoms with van der Waals surface area (Å²) in [6.07, 6.45) is -2.46. The van der Waals surface area contributed by atoms with E-state index in [4.69, 9.17) is 15.5 Å². The van der Waals surface area contributed by atoms with E-state index < -0.39 is 49.8 Å². The zero-order valence-electron chi connectivity index (χ0n) is 10.9. The first-order valence-electron chi connectivity index (χ1n) is 5.91. The second-order valence-corrected chi connectivity index (χ2v) is 5.80. The minimum atomic E-state index is -4.89. The van der Waals surface area contributed by atoms with Gasteiger partial charge >= 0.3 is 13.5 Å². The summed E-state index contributed by atoms with van der Waals surface area (Å²) in [5, 5.41) is 19.6. The smallest absolute Gasteiger partial charge is 0.387 e. The number of nitrogens with two attached hydrogens (primary N) is 1. The molecule has 1 heterocycles. The van der Waals surface area contributed by atoms with Crippen LogP contribution in [0, 0.1) is 0 Å². The van der Waals surface area contributed by atoms with E-state index in [1.54, 1.807) is 0 Å². The SMILES string of the molecule is Nc1ccn(C2C(F)=C(COP(=O)(O)O)[C@@H](O)[C@H]2O)c(=O)n1. The average Bonchev–Trinajstić information content (AvgIpc) is 2.59. The van der Waals surface area contributed by atoms with Crippen LogP contribution in [-0.4, -0.2) is 48.4 Å². The minimum absolute atomic E-state index is 0.108. The zero-order valence-corrected chi connectivity index (χ0v) is 11.8. The first-order valence-corrected chi connectivity index (χ1v) is 7.44. The standard InChI is InChI=1S/C10H13FN3O7P/c11-6-4(3-21-22(18,19)20)8(15)9(16)7(6)14-2-1-5(12)13-10(14)17/h1-2,7-9,15-16H,3H2,(H2,12,13,17)(H2,18,19,20)/t7?,8-,9+/m1/s1. The van der Waals surface area contributed by atoms with Gasteiger partial charge in [-0.2, -0.15) is 4.98 Å². The van der Waals surface area contributed by atoms with Gasteiger partial charge in [-0.3, -0.25) is 9.09 Å². The minimum Gasteiger partial charge on any atom is -0.387 e. The van der Waals surface area contributed by atoms with Crippen molar-refractivity contribution in [1.29, 1.82) is 0 Å². The summed E-state index contributed by atoms with van der Waals surface area (Å²) < 4.78 is 29.8. The van der Waals surface area contributed by atoms with Crippen molar-refractivity contribution in [1.82, 2.24) is 9.55 Å². The number of aromatic nitrogens is 2. The fourth-order valence-corrected chi connectivity index (χ4v) is 2.40. The van der Waals surface area contributed by atoms with Gasteiger partial charge in [-0.25, -0.2) is 13.8 Å². The van der Waals surface area contributed by atoms with Crippen LogP contribution in [0.3, 0.4) is 0 Å². The van der Waals surface area contributed by atoms with Crippen LogP contribution >= 0.6 is 7.82 Å². The molecule has 1 aromatic rings. The monoisotopic (exact) mass is 337 g/mol. The van der Waals surface area contributed by atoms with Crippen LogP contribution in [0.4, 0.5) is 10.2 Å². The van der Waals surface area contributed by atoms with Crippen LogP contribution in [0.25, 0.3) is 0 Å². The van der Waals surface area contributed by atoms with E-state index >= 15 is 0 Å². The maximum absolute atomic E-state index is 14.3. The number of phosphoric ester groups is 1. The summed E-state index contributed by atoms with van der Waals surface area (Å²) in [5.41, 5.74) is 3.78. The largest absolute Gasteiger partial charge is 0.469 e. The van der Waals surface area contributed by atoms with Gasteiger partial charge in [-0.15, -0.1) is 0 Å². The van der Waals surface area contributed by atoms with E-state index in [1.165, 1.54) is 6.07 Å². The summed E-state index contributed by atoms with van der Waals surface area (Å²) in [6, 6.07) is -0.399. The molecular formula is C10H13FN3O7P. The number of phosphoric acid groups is 1. The molecule has 12 heteroatoms. The van der Waals surface area contributed by atoms with E-state index in [0.29, 0.717) is 4.57 Å². The van der Waals surface area contributed by atoms with Gasteiger partial charge in [-0.05, 0) is 6.07 Å². The summed E-state index contributed by atoms with van der Waals surface area (Å²) in [5.74, 6) is -1.24. The van der Waals surface area contributed by atoms with E-state index in [9.17, 15) is 24.0 Å². The lowest BCUT2D eigenvalue weighted by Gasteiger charge is -2.19. The second-order valence-electron chi connectivity index (χ2n) is 4.56. The molecule has 0 saturated carbocycles. The molecule has 0 spiro atoms. The van der Waals surface area contributed by atoms with Gasteiger partial charge in [0.25, 0.3) is 0 Å². The maximum atomic E-state index is 14.3. The summed E-state index contributed by atoms with van der Waals surface area (Å²) >= 11 is 0. The number of halogens is 1. The highest BCUT2D eigenvalue weighted by atomic mass is 31.2. The van der Waals surface area contributed by atoms with Crippen molar-refractivity contribution in [2.45, 2.75) is 18.2 Å². The van der Waals surface area contributed by atoms with E-state index in [0.717, 1.165) is 6.20 Å². The first kappa shape index (κ1) is 16.7. The molecule has 0 bridgehead atoms. The molecule has 1 unspecified atom stereocenters. The topological polar surface area (TPSA) is 168 Å². The van der Waals surface area contributed by atoms with Crippen molar-refractivity contribution >= 4 is 13.6 Å². The Morgan fingerprint density at radius 3 is 2.64 bits per heavy atom. The summed E-state index contributed by atoms with van der Waals surface area (Å²) in [7, 11) is -4.89. The van der Waals surface area contributed by atoms with Crippen LogP contribution in [0.5, 0.6) is 0 Å². The van der Waals surface area contributed by atoms with Crippen molar-refractivity contribution in [2.75, 3.05) is 12.3 Å². The first-order chi connectivity index (χ1) is 10.1. The number of rotatable bonds is 4. The molecule has 6 N–H and O–H groups in total. The Balaban J connectivity index is 2.38. The Labute approximate surface area is 122 Å². The highest BCUT2D eigenvalue weighted by molar-refractivity contribution is 7.46. The molecule has 122 valence electrons. The van der Waals surface area contributed by atoms with Crippen molar-refractivity contribution < 1.29 is 33.5 Å². The summed E-state index contributed by atoms with van der Waals surface area (Å²) in [6.45, 7) is -0.942. The molecular weight excluding hydrogens is 324 g/mol. The lowest BCUT2D eigenvalue weighted by Crippen LogP contribution is -2.36. The van der Waals surface area contributed by atoms with Crippen LogP contribution in [0.1, 0.15) is 6.04 Å². The number of hydrogen-bond donors (Lipinski definition) is 5. The average molecular weight is 337 g/mol. The number of aliphatic hydroxyl groups is 2. The van der Waals surface area contributed by atoms with E-state index in [1.807, 2.05) is 0 Å². The normalized spacial score (nSPS) is 25.8. The Morgan fingerprint density at radius 1 is 1.45 bits per heavy atom. The highest BCUT2D eigenvalue weighted by Gasteiger charge is 2.44. The molecule has 22 heavy (non-hydrogen) atoms. The Kier molecular flexibility index (Phi) is 4.47. The van der Waals surface area contributed by atoms with Crippen molar-refractivity contribution in [3.8, 4) is 0 Å². The van der Waals surface area contributed by atoms with Gasteiger partial charge in [-0.1, -0.05) is 0 Å². The molecule has 1 aliphatic carbocycles. The van der Waals surface area contributed by atoms with Gasteiger partial charge in [0.1, 0.15) is 29.9 Å². The molecule has 1 aromatic heterocycles. The van der Waals surface area contributed by atoms with Crippen LogP contribution in [-0.2, 0) is 9.09 Å². The van der Waals surface area contributed by atoms with Gasteiger partial charge in [0.05, 0.1) is 6.61 Å². The molecule has 0 fully saturated rings. The molecule has 0 saturated heterocycles. The number of hydrogen-bond acceptors (Lipinski definition) is 7. The quantitative estimate of drug-likeness (QED) is 0.408. The van der Waals surface area contributed by atoms with Crippen LogP contribution in [0.2, 0.25) is 0 Å². The molecule has 1 aliphatic rings. The number of nitrogens with zero attached hydrogens (tertiary/aromatic N) is 2. The molecule has 0 aromatic carbocycles. The molecule has 0 radical (unpaired) electrons. The van der Waals surface area contributed by atoms with E-state index in [2.05, 4.69) is 9.51 Å². The molecule has 3 atom stereocenters. The third-order valence-corrected chi connectivity index (χ3v) is 3.58. The third kappa shape index (κ3) is 3.24. The maximum Gasteiger partial charge on any atom is 0.469 e. The molecule has 0 amide bonds. The zero-order chi connectivity index (χ0) is 16.7. The number of aliphatic hydroxyl groups excluding tert-OH is 2. The van der Waals surface area contributed by atoms with Crippen LogP contribution in [0.15, 0.2) is 28.5 Å². The van der Waals surface area contributed by atoms with Gasteiger partial charge in [0, 0.05) is 11.8 Å². The Hall–Kier alpha value is -1.62. The van der Waals surface area contributed by atoms with Crippen molar-refractivity contribution in [2.24, 2.45) is 0 Å². The van der Waals surface area contributed by atoms with Gasteiger partial charge < -0.3 is 25.7 Å². The molecule has 2 rings (SSSR count). The summed E-state index contributed by atoms with van der Waals surface area (Å²) in [4.78, 5) is 32.2. The Bertz CT molecular complexity index is 715.